The topological polar surface area (TPSA) is 299 Å². The van der Waals surface area contributed by atoms with Gasteiger partial charge in [0.25, 0.3) is 11.8 Å². The van der Waals surface area contributed by atoms with Crippen LogP contribution in [0.3, 0.4) is 0 Å². The van der Waals surface area contributed by atoms with Gasteiger partial charge in [0.2, 0.25) is 5.60 Å². The maximum absolute atomic E-state index is 13.3. The summed E-state index contributed by atoms with van der Waals surface area (Å²) in [6.45, 7) is 0.780. The van der Waals surface area contributed by atoms with Crippen molar-refractivity contribution in [1.29, 1.82) is 0 Å². The predicted molar refractivity (Wildman–Crippen MR) is 152 cm³/mol. The van der Waals surface area contributed by atoms with E-state index in [0.717, 1.165) is 16.6 Å². The number of carboxylic acids is 1. The lowest BCUT2D eigenvalue weighted by Crippen LogP contribution is -2.73. The zero-order chi connectivity index (χ0) is 31.5. The molecule has 2 aliphatic heterocycles. The maximum atomic E-state index is 13.3. The first kappa shape index (κ1) is 31.9. The lowest BCUT2D eigenvalue weighted by Gasteiger charge is -2.43. The van der Waals surface area contributed by atoms with E-state index in [1.807, 2.05) is 0 Å². The molecule has 3 atom stereocenters. The van der Waals surface area contributed by atoms with Gasteiger partial charge in [0.1, 0.15) is 23.8 Å². The monoisotopic (exact) mass is 644 g/mol. The number of oxime groups is 1. The van der Waals surface area contributed by atoms with Crippen LogP contribution in [0.15, 0.2) is 21.3 Å². The SMILES string of the molecule is CN(Cc1cnn(C[C@@H]2[C@H](NC(=O)/C(=N\OC3(C(=O)O)CC3)C3CSC(N)=N3)C(=O)N2S(=O)(=O)O)n1)C(N)=NCCCN. The van der Waals surface area contributed by atoms with Crippen LogP contribution in [-0.4, -0.2) is 127 Å². The van der Waals surface area contributed by atoms with Gasteiger partial charge in [-0.2, -0.15) is 23.4 Å². The third-order valence-corrected chi connectivity index (χ3v) is 8.53. The average Bonchev–Trinajstić information content (AvgIpc) is 3.41. The Balaban J connectivity index is 1.49. The number of carbonyl (C=O) groups excluding carboxylic acids is 2. The summed E-state index contributed by atoms with van der Waals surface area (Å²) in [5, 5.41) is 24.1. The van der Waals surface area contributed by atoms with E-state index in [1.165, 1.54) is 6.20 Å². The molecule has 2 fully saturated rings. The number of amidine groups is 1. The number of hydrogen-bond acceptors (Lipinski definition) is 14. The van der Waals surface area contributed by atoms with Crippen LogP contribution in [0.5, 0.6) is 0 Å². The van der Waals surface area contributed by atoms with Crippen LogP contribution in [0, 0.1) is 0 Å². The number of aliphatic imine (C=N–C) groups is 2. The summed E-state index contributed by atoms with van der Waals surface area (Å²) >= 11 is 1.13. The van der Waals surface area contributed by atoms with Crippen LogP contribution in [0.1, 0.15) is 25.0 Å². The number of thioether (sulfide) groups is 1. The molecule has 20 nitrogen and oxygen atoms in total. The zero-order valence-corrected chi connectivity index (χ0v) is 24.6. The number of guanidine groups is 1. The number of β-lactam (4-membered cyclic amide) rings is 1. The first-order valence-corrected chi connectivity index (χ1v) is 15.3. The van der Waals surface area contributed by atoms with Crippen molar-refractivity contribution in [2.45, 2.75) is 56.1 Å². The first-order valence-electron chi connectivity index (χ1n) is 12.9. The molecule has 0 spiro atoms. The van der Waals surface area contributed by atoms with Crippen molar-refractivity contribution < 1.29 is 37.3 Å². The largest absolute Gasteiger partial charge is 0.478 e. The third-order valence-electron chi connectivity index (χ3n) is 6.70. The number of rotatable bonds is 14. The molecule has 3 heterocycles. The van der Waals surface area contributed by atoms with E-state index in [4.69, 9.17) is 22.0 Å². The molecule has 9 N–H and O–H groups in total. The molecule has 1 aromatic heterocycles. The molecule has 1 unspecified atom stereocenters. The summed E-state index contributed by atoms with van der Waals surface area (Å²) in [5.41, 5.74) is 15.6. The normalized spacial score (nSPS) is 23.4. The molecule has 0 aromatic carbocycles. The van der Waals surface area contributed by atoms with Gasteiger partial charge in [-0.25, -0.2) is 9.10 Å². The van der Waals surface area contributed by atoms with Gasteiger partial charge in [0.15, 0.2) is 16.8 Å². The molecule has 0 bridgehead atoms. The van der Waals surface area contributed by atoms with Gasteiger partial charge in [0.05, 0.1) is 19.3 Å². The van der Waals surface area contributed by atoms with Crippen LogP contribution >= 0.6 is 11.8 Å². The van der Waals surface area contributed by atoms with Gasteiger partial charge in [-0.15, -0.1) is 0 Å². The Labute approximate surface area is 249 Å². The Morgan fingerprint density at radius 2 is 2.09 bits per heavy atom. The van der Waals surface area contributed by atoms with Crippen LogP contribution in [0.2, 0.25) is 0 Å². The van der Waals surface area contributed by atoms with Gasteiger partial charge < -0.3 is 37.4 Å². The van der Waals surface area contributed by atoms with Gasteiger partial charge >= 0.3 is 16.3 Å². The minimum absolute atomic E-state index is 0.162. The van der Waals surface area contributed by atoms with Crippen LogP contribution < -0.4 is 22.5 Å². The highest BCUT2D eigenvalue weighted by molar-refractivity contribution is 8.14. The van der Waals surface area contributed by atoms with Crippen molar-refractivity contribution in [2.24, 2.45) is 32.3 Å². The summed E-state index contributed by atoms with van der Waals surface area (Å²) in [7, 11) is -3.33. The standard InChI is InChI=1S/C21H32N12O8S2/c1-31(19(23)25-6-2-5-22)8-11-7-26-32(29-11)9-13-15(17(35)33(13)43(38,39)40)28-16(34)14(12-10-42-20(24)27-12)30-41-21(3-4-21)18(36)37/h7,12-13,15H,2-6,8-10,22H2,1H3,(H2,23,25)(H2,24,27)(H,28,34)(H,36,37)(H,38,39,40)/b30-14-/t12?,13-,15+/m1/s1. The Hall–Kier alpha value is -4.02. The number of aliphatic carboxylic acids is 1. The van der Waals surface area contributed by atoms with Crippen molar-refractivity contribution >= 4 is 56.7 Å². The highest BCUT2D eigenvalue weighted by atomic mass is 32.2. The van der Waals surface area contributed by atoms with E-state index < -0.39 is 51.8 Å². The van der Waals surface area contributed by atoms with Gasteiger partial charge in [-0.1, -0.05) is 16.9 Å². The number of hydrogen-bond donors (Lipinski definition) is 6. The molecular formula is C21H32N12O8S2. The van der Waals surface area contributed by atoms with Crippen molar-refractivity contribution in [1.82, 2.24) is 29.5 Å². The lowest BCUT2D eigenvalue weighted by molar-refractivity contribution is -0.153. The second kappa shape index (κ2) is 12.7. The summed E-state index contributed by atoms with van der Waals surface area (Å²) in [4.78, 5) is 53.8. The Kier molecular flexibility index (Phi) is 9.41. The Morgan fingerprint density at radius 1 is 1.37 bits per heavy atom. The minimum Gasteiger partial charge on any atom is -0.478 e. The van der Waals surface area contributed by atoms with Crippen LogP contribution in [0.25, 0.3) is 0 Å². The van der Waals surface area contributed by atoms with E-state index in [1.54, 1.807) is 11.9 Å². The minimum atomic E-state index is -5.01. The fourth-order valence-corrected chi connectivity index (χ4v) is 5.76. The van der Waals surface area contributed by atoms with Crippen molar-refractivity contribution in [3.05, 3.63) is 11.9 Å². The number of nitrogens with zero attached hydrogens (tertiary/aromatic N) is 8. The third kappa shape index (κ3) is 7.32. The van der Waals surface area contributed by atoms with E-state index in [0.29, 0.717) is 25.2 Å². The number of carbonyl (C=O) groups is 3. The molecule has 1 aliphatic carbocycles. The predicted octanol–water partition coefficient (Wildman–Crippen LogP) is -3.71. The Bertz CT molecular complexity index is 1460. The van der Waals surface area contributed by atoms with Gasteiger partial charge in [-0.05, 0) is 13.0 Å². The molecule has 22 heteroatoms. The quantitative estimate of drug-likeness (QED) is 0.0283. The van der Waals surface area contributed by atoms with Crippen molar-refractivity contribution in [2.75, 3.05) is 25.9 Å². The number of nitrogens with one attached hydrogen (secondary N) is 1. The molecule has 1 aromatic rings. The van der Waals surface area contributed by atoms with E-state index >= 15 is 0 Å². The number of amides is 2. The van der Waals surface area contributed by atoms with Gasteiger partial charge in [0, 0.05) is 32.2 Å². The second-order valence-electron chi connectivity index (χ2n) is 9.92. The number of aromatic nitrogens is 3. The lowest BCUT2D eigenvalue weighted by atomic mass is 9.98. The van der Waals surface area contributed by atoms with E-state index in [-0.39, 0.29) is 52.8 Å². The van der Waals surface area contributed by atoms with Crippen molar-refractivity contribution in [3.63, 3.8) is 0 Å². The number of nitrogens with two attached hydrogens (primary N) is 3. The van der Waals surface area contributed by atoms with Crippen LogP contribution in [0.4, 0.5) is 0 Å². The molecule has 4 rings (SSSR count). The molecule has 236 valence electrons. The fourth-order valence-electron chi connectivity index (χ4n) is 4.13. The highest BCUT2D eigenvalue weighted by Gasteiger charge is 2.56. The number of carboxylic acid groups (broad SMARTS) is 1. The van der Waals surface area contributed by atoms with E-state index in [2.05, 4.69) is 30.7 Å². The van der Waals surface area contributed by atoms with Crippen molar-refractivity contribution in [3.8, 4) is 0 Å². The summed E-state index contributed by atoms with van der Waals surface area (Å²) in [6, 6.07) is -3.69. The van der Waals surface area contributed by atoms with Gasteiger partial charge in [-0.3, -0.25) is 24.1 Å². The molecular weight excluding hydrogens is 612 g/mol. The fraction of sp³-hybridized carbons (Fsp3) is 0.619. The second-order valence-corrected chi connectivity index (χ2v) is 12.3. The smallest absolute Gasteiger partial charge is 0.362 e. The molecule has 1 saturated heterocycles. The molecule has 1 saturated carbocycles. The molecule has 3 aliphatic rings. The summed E-state index contributed by atoms with van der Waals surface area (Å²) < 4.78 is 33.8. The summed E-state index contributed by atoms with van der Waals surface area (Å²) in [5.74, 6) is -2.91. The zero-order valence-electron chi connectivity index (χ0n) is 22.9. The van der Waals surface area contributed by atoms with E-state index in [9.17, 15) is 32.5 Å². The Morgan fingerprint density at radius 3 is 2.67 bits per heavy atom. The average molecular weight is 645 g/mol. The summed E-state index contributed by atoms with van der Waals surface area (Å²) in [6.07, 6.45) is 2.42. The molecule has 0 radical (unpaired) electrons. The molecule has 43 heavy (non-hydrogen) atoms. The van der Waals surface area contributed by atoms with Crippen LogP contribution in [-0.2, 0) is 42.6 Å². The maximum Gasteiger partial charge on any atom is 0.362 e. The first-order chi connectivity index (χ1) is 20.3. The highest BCUT2D eigenvalue weighted by Crippen LogP contribution is 2.40. The molecule has 2 amide bonds.